The lowest BCUT2D eigenvalue weighted by Gasteiger charge is -2.40. The molecule has 2 aromatic rings. The van der Waals surface area contributed by atoms with E-state index < -0.39 is 5.54 Å². The van der Waals surface area contributed by atoms with Gasteiger partial charge in [0.2, 0.25) is 5.56 Å². The SMILES string of the molecule is CN1NC(C)(C)C(c2cc[nH]c(=O)c2)=C(c2ccc(=O)[nH]n2)C1=O. The summed E-state index contributed by atoms with van der Waals surface area (Å²) in [7, 11) is 1.62. The standard InChI is InChI=1S/C16H17N5O3/c1-16(2)14(9-6-7-17-12(23)8-9)13(15(24)21(3)20-16)10-4-5-11(22)19-18-10/h4-8,20H,1-3H3,(H,17,23)(H,19,22). The number of aromatic amines is 2. The zero-order valence-corrected chi connectivity index (χ0v) is 13.5. The maximum absolute atomic E-state index is 12.8. The largest absolute Gasteiger partial charge is 0.329 e. The van der Waals surface area contributed by atoms with E-state index in [4.69, 9.17) is 0 Å². The molecule has 3 N–H and O–H groups in total. The topological polar surface area (TPSA) is 111 Å². The molecule has 0 saturated carbocycles. The molecule has 8 heteroatoms. The fourth-order valence-corrected chi connectivity index (χ4v) is 2.94. The Kier molecular flexibility index (Phi) is 3.69. The number of rotatable bonds is 2. The summed E-state index contributed by atoms with van der Waals surface area (Å²) >= 11 is 0. The summed E-state index contributed by atoms with van der Waals surface area (Å²) in [5.74, 6) is -0.302. The van der Waals surface area contributed by atoms with Gasteiger partial charge in [-0.05, 0) is 37.1 Å². The number of hydrogen-bond acceptors (Lipinski definition) is 5. The van der Waals surface area contributed by atoms with Crippen LogP contribution in [-0.4, -0.2) is 38.7 Å². The Labute approximate surface area is 137 Å². The number of amides is 1. The van der Waals surface area contributed by atoms with Gasteiger partial charge in [-0.15, -0.1) is 0 Å². The Morgan fingerprint density at radius 1 is 1.08 bits per heavy atom. The summed E-state index contributed by atoms with van der Waals surface area (Å²) in [5, 5.41) is 7.71. The number of carbonyl (C=O) groups is 1. The highest BCUT2D eigenvalue weighted by molar-refractivity contribution is 6.28. The first-order chi connectivity index (χ1) is 11.3. The molecule has 0 saturated heterocycles. The van der Waals surface area contributed by atoms with E-state index in [9.17, 15) is 14.4 Å². The maximum atomic E-state index is 12.8. The summed E-state index contributed by atoms with van der Waals surface area (Å²) in [6.07, 6.45) is 1.53. The minimum absolute atomic E-state index is 0.268. The predicted molar refractivity (Wildman–Crippen MR) is 88.7 cm³/mol. The molecule has 2 aromatic heterocycles. The van der Waals surface area contributed by atoms with Crippen molar-refractivity contribution in [2.45, 2.75) is 19.4 Å². The Balaban J connectivity index is 2.36. The molecular weight excluding hydrogens is 310 g/mol. The second-order valence-corrected chi connectivity index (χ2v) is 6.10. The third-order valence-electron chi connectivity index (χ3n) is 3.84. The normalized spacial score (nSPS) is 17.3. The van der Waals surface area contributed by atoms with E-state index in [1.54, 1.807) is 13.1 Å². The number of nitrogens with zero attached hydrogens (tertiary/aromatic N) is 2. The van der Waals surface area contributed by atoms with Gasteiger partial charge in [0.1, 0.15) is 0 Å². The third-order valence-corrected chi connectivity index (χ3v) is 3.84. The number of hydrogen-bond donors (Lipinski definition) is 3. The van der Waals surface area contributed by atoms with Crippen molar-refractivity contribution >= 4 is 17.1 Å². The highest BCUT2D eigenvalue weighted by atomic mass is 16.2. The van der Waals surface area contributed by atoms with Crippen molar-refractivity contribution in [1.82, 2.24) is 25.6 Å². The van der Waals surface area contributed by atoms with Crippen LogP contribution in [0.25, 0.3) is 11.1 Å². The molecule has 8 nitrogen and oxygen atoms in total. The van der Waals surface area contributed by atoms with Crippen LogP contribution in [0.1, 0.15) is 25.1 Å². The Morgan fingerprint density at radius 2 is 1.83 bits per heavy atom. The number of pyridine rings is 1. The van der Waals surface area contributed by atoms with E-state index in [1.165, 1.54) is 29.4 Å². The van der Waals surface area contributed by atoms with Crippen LogP contribution in [0.15, 0.2) is 40.1 Å². The average Bonchev–Trinajstić information content (AvgIpc) is 2.51. The van der Waals surface area contributed by atoms with Crippen molar-refractivity contribution in [1.29, 1.82) is 0 Å². The summed E-state index contributed by atoms with van der Waals surface area (Å²) in [4.78, 5) is 38.3. The maximum Gasteiger partial charge on any atom is 0.270 e. The lowest BCUT2D eigenvalue weighted by atomic mass is 9.82. The Hall–Kier alpha value is -3.00. The smallest absolute Gasteiger partial charge is 0.270 e. The molecule has 0 bridgehead atoms. The first-order valence-electron chi connectivity index (χ1n) is 7.35. The molecule has 0 spiro atoms. The number of likely N-dealkylation sites (N-methyl/N-ethyl adjacent to an activating group) is 1. The molecule has 0 fully saturated rings. The number of nitrogens with one attached hydrogen (secondary N) is 3. The minimum Gasteiger partial charge on any atom is -0.329 e. The third kappa shape index (κ3) is 2.67. The fraction of sp³-hybridized carbons (Fsp3) is 0.250. The minimum atomic E-state index is -0.635. The molecule has 0 atom stereocenters. The zero-order valence-electron chi connectivity index (χ0n) is 13.5. The Bertz CT molecular complexity index is 934. The van der Waals surface area contributed by atoms with Crippen LogP contribution >= 0.6 is 0 Å². The average molecular weight is 327 g/mol. The number of hydrazine groups is 1. The van der Waals surface area contributed by atoms with Crippen molar-refractivity contribution in [3.63, 3.8) is 0 Å². The van der Waals surface area contributed by atoms with Gasteiger partial charge < -0.3 is 4.98 Å². The summed E-state index contributed by atoms with van der Waals surface area (Å²) < 4.78 is 0. The van der Waals surface area contributed by atoms with E-state index in [1.807, 2.05) is 13.8 Å². The van der Waals surface area contributed by atoms with E-state index in [2.05, 4.69) is 20.6 Å². The first kappa shape index (κ1) is 15.9. The molecule has 124 valence electrons. The molecule has 0 radical (unpaired) electrons. The molecule has 1 amide bonds. The fourth-order valence-electron chi connectivity index (χ4n) is 2.94. The van der Waals surface area contributed by atoms with Gasteiger partial charge in [-0.1, -0.05) is 0 Å². The van der Waals surface area contributed by atoms with Crippen LogP contribution in [0.5, 0.6) is 0 Å². The summed E-state index contributed by atoms with van der Waals surface area (Å²) in [5.41, 5.74) is 3.77. The molecule has 0 aliphatic carbocycles. The van der Waals surface area contributed by atoms with Crippen LogP contribution < -0.4 is 16.5 Å². The van der Waals surface area contributed by atoms with Crippen molar-refractivity contribution in [2.75, 3.05) is 7.05 Å². The highest BCUT2D eigenvalue weighted by Gasteiger charge is 2.39. The number of carbonyl (C=O) groups excluding carboxylic acids is 1. The summed E-state index contributed by atoms with van der Waals surface area (Å²) in [6.45, 7) is 3.80. The lowest BCUT2D eigenvalue weighted by Crippen LogP contribution is -2.56. The molecule has 0 aromatic carbocycles. The van der Waals surface area contributed by atoms with Crippen LogP contribution in [0, 0.1) is 0 Å². The molecule has 24 heavy (non-hydrogen) atoms. The van der Waals surface area contributed by atoms with Gasteiger partial charge in [0, 0.05) is 25.4 Å². The van der Waals surface area contributed by atoms with Gasteiger partial charge in [0.05, 0.1) is 16.8 Å². The van der Waals surface area contributed by atoms with Gasteiger partial charge >= 0.3 is 0 Å². The van der Waals surface area contributed by atoms with E-state index in [-0.39, 0.29) is 17.0 Å². The van der Waals surface area contributed by atoms with Crippen molar-refractivity contribution < 1.29 is 4.79 Å². The summed E-state index contributed by atoms with van der Waals surface area (Å²) in [6, 6.07) is 5.97. The van der Waals surface area contributed by atoms with Crippen molar-refractivity contribution in [3.05, 3.63) is 62.4 Å². The Morgan fingerprint density at radius 3 is 2.46 bits per heavy atom. The van der Waals surface area contributed by atoms with Crippen LogP contribution in [0.2, 0.25) is 0 Å². The van der Waals surface area contributed by atoms with Crippen molar-refractivity contribution in [3.8, 4) is 0 Å². The van der Waals surface area contributed by atoms with Crippen LogP contribution in [-0.2, 0) is 4.79 Å². The van der Waals surface area contributed by atoms with Crippen molar-refractivity contribution in [2.24, 2.45) is 0 Å². The highest BCUT2D eigenvalue weighted by Crippen LogP contribution is 2.37. The van der Waals surface area contributed by atoms with Gasteiger partial charge in [0.15, 0.2) is 0 Å². The van der Waals surface area contributed by atoms with E-state index >= 15 is 0 Å². The van der Waals surface area contributed by atoms with Gasteiger partial charge in [-0.25, -0.2) is 10.5 Å². The van der Waals surface area contributed by atoms with Gasteiger partial charge in [-0.2, -0.15) is 5.10 Å². The lowest BCUT2D eigenvalue weighted by molar-refractivity contribution is -0.128. The molecule has 1 aliphatic rings. The molecular formula is C16H17N5O3. The van der Waals surface area contributed by atoms with Crippen LogP contribution in [0.4, 0.5) is 0 Å². The van der Waals surface area contributed by atoms with Gasteiger partial charge in [0.25, 0.3) is 11.5 Å². The zero-order chi connectivity index (χ0) is 17.5. The first-order valence-corrected chi connectivity index (χ1v) is 7.35. The quantitative estimate of drug-likeness (QED) is 0.726. The molecule has 3 heterocycles. The molecule has 1 aliphatic heterocycles. The second kappa shape index (κ2) is 5.57. The predicted octanol–water partition coefficient (Wildman–Crippen LogP) is 0.124. The van der Waals surface area contributed by atoms with E-state index in [0.29, 0.717) is 22.4 Å². The molecule has 3 rings (SSSR count). The van der Waals surface area contributed by atoms with Crippen LogP contribution in [0.3, 0.4) is 0 Å². The number of aromatic nitrogens is 3. The van der Waals surface area contributed by atoms with Gasteiger partial charge in [-0.3, -0.25) is 19.4 Å². The monoisotopic (exact) mass is 327 g/mol. The molecule has 0 unspecified atom stereocenters. The second-order valence-electron chi connectivity index (χ2n) is 6.10. The van der Waals surface area contributed by atoms with E-state index in [0.717, 1.165) is 0 Å². The number of H-pyrrole nitrogens is 2.